The van der Waals surface area contributed by atoms with Crippen molar-refractivity contribution in [3.8, 4) is 0 Å². The Morgan fingerprint density at radius 3 is 2.81 bits per heavy atom. The molecular weight excluding hydrogens is 222 g/mol. The largest absolute Gasteiger partial charge is 0.416 e. The third-order valence-electron chi connectivity index (χ3n) is 2.87. The second-order valence-electron chi connectivity index (χ2n) is 4.22. The molecule has 0 atom stereocenters. The average molecular weight is 241 g/mol. The van der Waals surface area contributed by atoms with Crippen LogP contribution in [0.4, 0.5) is 0 Å². The highest BCUT2D eigenvalue weighted by Gasteiger charge is 2.12. The van der Waals surface area contributed by atoms with Crippen LogP contribution in [0.15, 0.2) is 9.64 Å². The van der Waals surface area contributed by atoms with Gasteiger partial charge in [0.05, 0.1) is 0 Å². The van der Waals surface area contributed by atoms with Gasteiger partial charge >= 0.3 is 0 Å². The number of hydrogen-bond donors (Lipinski definition) is 1. The van der Waals surface area contributed by atoms with E-state index in [1.165, 1.54) is 32.1 Å². The molecule has 16 heavy (non-hydrogen) atoms. The van der Waals surface area contributed by atoms with E-state index in [-0.39, 0.29) is 0 Å². The van der Waals surface area contributed by atoms with Crippen molar-refractivity contribution in [2.24, 2.45) is 0 Å². The minimum Gasteiger partial charge on any atom is -0.416 e. The van der Waals surface area contributed by atoms with Gasteiger partial charge in [-0.15, -0.1) is 10.2 Å². The molecule has 1 saturated carbocycles. The zero-order valence-corrected chi connectivity index (χ0v) is 10.6. The summed E-state index contributed by atoms with van der Waals surface area (Å²) in [7, 11) is 0. The van der Waals surface area contributed by atoms with E-state index in [1.807, 2.05) is 6.92 Å². The van der Waals surface area contributed by atoms with Crippen LogP contribution < -0.4 is 5.32 Å². The summed E-state index contributed by atoms with van der Waals surface area (Å²) in [6.45, 7) is 2.84. The maximum Gasteiger partial charge on any atom is 0.276 e. The Balaban J connectivity index is 1.57. The van der Waals surface area contributed by atoms with Gasteiger partial charge in [-0.2, -0.15) is 0 Å². The van der Waals surface area contributed by atoms with E-state index in [2.05, 4.69) is 15.5 Å². The Kier molecular flexibility index (Phi) is 4.66. The fraction of sp³-hybridized carbons (Fsp3) is 0.818. The Hall–Kier alpha value is -0.550. The van der Waals surface area contributed by atoms with Gasteiger partial charge in [0.2, 0.25) is 5.89 Å². The monoisotopic (exact) mass is 241 g/mol. The molecule has 1 N–H and O–H groups in total. The van der Waals surface area contributed by atoms with Crippen LogP contribution in [0.3, 0.4) is 0 Å². The van der Waals surface area contributed by atoms with Gasteiger partial charge in [-0.1, -0.05) is 31.0 Å². The normalized spacial score (nSPS) is 17.8. The highest BCUT2D eigenvalue weighted by molar-refractivity contribution is 7.99. The van der Waals surface area contributed by atoms with Gasteiger partial charge in [0.15, 0.2) is 0 Å². The summed E-state index contributed by atoms with van der Waals surface area (Å²) >= 11 is 1.63. The molecule has 2 rings (SSSR count). The first-order chi connectivity index (χ1) is 7.84. The van der Waals surface area contributed by atoms with Crippen LogP contribution in [0.1, 0.15) is 38.0 Å². The Bertz CT molecular complexity index is 310. The van der Waals surface area contributed by atoms with Crippen molar-refractivity contribution < 1.29 is 4.42 Å². The molecule has 1 aromatic rings. The third-order valence-corrected chi connectivity index (χ3v) is 3.69. The summed E-state index contributed by atoms with van der Waals surface area (Å²) in [5, 5.41) is 12.0. The molecule has 1 fully saturated rings. The zero-order valence-electron chi connectivity index (χ0n) is 9.74. The molecule has 0 aliphatic heterocycles. The first-order valence-electron chi connectivity index (χ1n) is 6.01. The summed E-state index contributed by atoms with van der Waals surface area (Å²) < 4.78 is 5.29. The molecule has 1 heterocycles. The summed E-state index contributed by atoms with van der Waals surface area (Å²) in [6.07, 6.45) is 6.85. The minimum atomic E-state index is 0.641. The number of nitrogens with zero attached hydrogens (tertiary/aromatic N) is 2. The summed E-state index contributed by atoms with van der Waals surface area (Å²) in [4.78, 5) is 0. The lowest BCUT2D eigenvalue weighted by molar-refractivity contribution is 0.380. The van der Waals surface area contributed by atoms with Crippen LogP contribution in [0, 0.1) is 6.92 Å². The van der Waals surface area contributed by atoms with Gasteiger partial charge in [0, 0.05) is 25.3 Å². The van der Waals surface area contributed by atoms with Crippen LogP contribution in [-0.4, -0.2) is 28.5 Å². The van der Waals surface area contributed by atoms with Crippen LogP contribution in [0.2, 0.25) is 0 Å². The highest BCUT2D eigenvalue weighted by atomic mass is 32.2. The molecule has 1 aliphatic carbocycles. The highest BCUT2D eigenvalue weighted by Crippen LogP contribution is 2.18. The molecule has 0 aromatic carbocycles. The molecule has 1 aliphatic rings. The summed E-state index contributed by atoms with van der Waals surface area (Å²) in [6, 6.07) is 0.735. The van der Waals surface area contributed by atoms with Gasteiger partial charge in [0.25, 0.3) is 5.22 Å². The average Bonchev–Trinajstić information content (AvgIpc) is 2.72. The van der Waals surface area contributed by atoms with Crippen LogP contribution in [-0.2, 0) is 0 Å². The quantitative estimate of drug-likeness (QED) is 0.633. The van der Waals surface area contributed by atoms with Gasteiger partial charge in [0.1, 0.15) is 0 Å². The molecular formula is C11H19N3OS. The molecule has 0 amide bonds. The van der Waals surface area contributed by atoms with Gasteiger partial charge in [-0.05, 0) is 12.8 Å². The van der Waals surface area contributed by atoms with E-state index in [4.69, 9.17) is 4.42 Å². The van der Waals surface area contributed by atoms with Crippen molar-refractivity contribution in [2.45, 2.75) is 50.3 Å². The van der Waals surface area contributed by atoms with Crippen LogP contribution >= 0.6 is 11.8 Å². The van der Waals surface area contributed by atoms with E-state index in [0.29, 0.717) is 11.1 Å². The maximum absolute atomic E-state index is 5.29. The molecule has 0 saturated heterocycles. The first kappa shape index (κ1) is 11.9. The first-order valence-corrected chi connectivity index (χ1v) is 6.99. The molecule has 0 radical (unpaired) electrons. The molecule has 90 valence electrons. The van der Waals surface area contributed by atoms with Gasteiger partial charge < -0.3 is 9.73 Å². The lowest BCUT2D eigenvalue weighted by Crippen LogP contribution is -2.32. The predicted octanol–water partition coefficient (Wildman–Crippen LogP) is 2.39. The Morgan fingerprint density at radius 1 is 1.31 bits per heavy atom. The number of thioether (sulfide) groups is 1. The SMILES string of the molecule is Cc1nnc(SCCNC2CCCCC2)o1. The summed E-state index contributed by atoms with van der Waals surface area (Å²) in [5.74, 6) is 1.64. The number of hydrogen-bond acceptors (Lipinski definition) is 5. The van der Waals surface area contributed by atoms with E-state index in [1.54, 1.807) is 11.8 Å². The van der Waals surface area contributed by atoms with Gasteiger partial charge in [-0.25, -0.2) is 0 Å². The lowest BCUT2D eigenvalue weighted by Gasteiger charge is -2.22. The number of aryl methyl sites for hydroxylation is 1. The molecule has 5 heteroatoms. The van der Waals surface area contributed by atoms with Crippen molar-refractivity contribution in [1.82, 2.24) is 15.5 Å². The molecule has 0 spiro atoms. The lowest BCUT2D eigenvalue weighted by atomic mass is 9.96. The fourth-order valence-electron chi connectivity index (χ4n) is 2.04. The maximum atomic E-state index is 5.29. The molecule has 4 nitrogen and oxygen atoms in total. The van der Waals surface area contributed by atoms with Crippen molar-refractivity contribution >= 4 is 11.8 Å². The second kappa shape index (κ2) is 6.25. The third kappa shape index (κ3) is 3.79. The van der Waals surface area contributed by atoms with Crippen LogP contribution in [0.5, 0.6) is 0 Å². The number of nitrogens with one attached hydrogen (secondary N) is 1. The van der Waals surface area contributed by atoms with E-state index >= 15 is 0 Å². The molecule has 0 unspecified atom stereocenters. The Labute approximate surface area is 101 Å². The van der Waals surface area contributed by atoms with Crippen molar-refractivity contribution in [2.75, 3.05) is 12.3 Å². The van der Waals surface area contributed by atoms with E-state index in [9.17, 15) is 0 Å². The van der Waals surface area contributed by atoms with E-state index in [0.717, 1.165) is 18.3 Å². The van der Waals surface area contributed by atoms with Crippen molar-refractivity contribution in [3.63, 3.8) is 0 Å². The smallest absolute Gasteiger partial charge is 0.276 e. The molecule has 0 bridgehead atoms. The number of aromatic nitrogens is 2. The Morgan fingerprint density at radius 2 is 2.12 bits per heavy atom. The zero-order chi connectivity index (χ0) is 11.2. The van der Waals surface area contributed by atoms with Crippen LogP contribution in [0.25, 0.3) is 0 Å². The standard InChI is InChI=1S/C11H19N3OS/c1-9-13-14-11(15-9)16-8-7-12-10-5-3-2-4-6-10/h10,12H,2-8H2,1H3. The summed E-state index contributed by atoms with van der Waals surface area (Å²) in [5.41, 5.74) is 0. The predicted molar refractivity (Wildman–Crippen MR) is 64.6 cm³/mol. The van der Waals surface area contributed by atoms with Gasteiger partial charge in [-0.3, -0.25) is 0 Å². The fourth-order valence-corrected chi connectivity index (χ4v) is 2.72. The number of rotatable bonds is 5. The molecule has 1 aromatic heterocycles. The second-order valence-corrected chi connectivity index (χ2v) is 5.27. The topological polar surface area (TPSA) is 51.0 Å². The van der Waals surface area contributed by atoms with Crippen molar-refractivity contribution in [3.05, 3.63) is 5.89 Å². The van der Waals surface area contributed by atoms with Crippen molar-refractivity contribution in [1.29, 1.82) is 0 Å². The minimum absolute atomic E-state index is 0.641. The van der Waals surface area contributed by atoms with E-state index < -0.39 is 0 Å².